The van der Waals surface area contributed by atoms with Crippen molar-refractivity contribution in [3.05, 3.63) is 0 Å². The van der Waals surface area contributed by atoms with Crippen molar-refractivity contribution in [3.63, 3.8) is 0 Å². The van der Waals surface area contributed by atoms with Crippen molar-refractivity contribution in [3.8, 4) is 0 Å². The van der Waals surface area contributed by atoms with Crippen LogP contribution >= 0.6 is 0 Å². The minimum absolute atomic E-state index is 0.510. The maximum atomic E-state index is 5.45. The third-order valence-electron chi connectivity index (χ3n) is 3.98. The number of hydrogen-bond donors (Lipinski definition) is 1. The van der Waals surface area contributed by atoms with Crippen LogP contribution in [0.2, 0.25) is 0 Å². The molecule has 14 heavy (non-hydrogen) atoms. The molecule has 2 fully saturated rings. The first-order valence-electron chi connectivity index (χ1n) is 6.16. The normalized spacial score (nSPS) is 27.2. The van der Waals surface area contributed by atoms with E-state index in [4.69, 9.17) is 4.74 Å². The predicted octanol–water partition coefficient (Wildman–Crippen LogP) is 2.19. The zero-order valence-electron chi connectivity index (χ0n) is 9.35. The summed E-state index contributed by atoms with van der Waals surface area (Å²) in [5.74, 6) is 0.934. The van der Waals surface area contributed by atoms with Crippen LogP contribution in [0.15, 0.2) is 0 Å². The Morgan fingerprint density at radius 1 is 1.21 bits per heavy atom. The molecular formula is C12H23NO. The molecule has 1 heterocycles. The molecule has 0 bridgehead atoms. The van der Waals surface area contributed by atoms with Crippen molar-refractivity contribution in [2.24, 2.45) is 11.3 Å². The van der Waals surface area contributed by atoms with Crippen molar-refractivity contribution < 1.29 is 4.74 Å². The van der Waals surface area contributed by atoms with Crippen LogP contribution in [0.5, 0.6) is 0 Å². The molecule has 0 aromatic carbocycles. The van der Waals surface area contributed by atoms with E-state index in [0.29, 0.717) is 5.41 Å². The molecule has 1 aliphatic heterocycles. The van der Waals surface area contributed by atoms with Gasteiger partial charge in [-0.3, -0.25) is 0 Å². The number of nitrogens with one attached hydrogen (secondary N) is 1. The van der Waals surface area contributed by atoms with Crippen molar-refractivity contribution in [2.45, 2.75) is 39.0 Å². The Labute approximate surface area is 87.4 Å². The lowest BCUT2D eigenvalue weighted by molar-refractivity contribution is -0.150. The molecular weight excluding hydrogens is 174 g/mol. The molecule has 2 rings (SSSR count). The summed E-state index contributed by atoms with van der Waals surface area (Å²) in [5.41, 5.74) is 0.510. The third kappa shape index (κ3) is 1.96. The van der Waals surface area contributed by atoms with E-state index in [2.05, 4.69) is 12.2 Å². The fraction of sp³-hybridized carbons (Fsp3) is 1.00. The first kappa shape index (κ1) is 10.4. The standard InChI is InChI=1S/C12H23NO/c1-2-13-8-12(9-14-10-12)11-6-4-3-5-7-11/h11,13H,2-10H2,1H3. The molecule has 0 unspecified atom stereocenters. The van der Waals surface area contributed by atoms with Gasteiger partial charge in [0.2, 0.25) is 0 Å². The zero-order valence-corrected chi connectivity index (χ0v) is 9.35. The van der Waals surface area contributed by atoms with Gasteiger partial charge in [0.05, 0.1) is 13.2 Å². The lowest BCUT2D eigenvalue weighted by Crippen LogP contribution is -2.54. The van der Waals surface area contributed by atoms with Crippen LogP contribution in [-0.2, 0) is 4.74 Å². The molecule has 1 N–H and O–H groups in total. The Kier molecular flexibility index (Phi) is 3.45. The van der Waals surface area contributed by atoms with Gasteiger partial charge in [-0.25, -0.2) is 0 Å². The zero-order chi connectivity index (χ0) is 9.86. The molecule has 0 spiro atoms. The molecule has 0 atom stereocenters. The van der Waals surface area contributed by atoms with E-state index in [9.17, 15) is 0 Å². The summed E-state index contributed by atoms with van der Waals surface area (Å²) in [4.78, 5) is 0. The maximum absolute atomic E-state index is 5.45. The van der Waals surface area contributed by atoms with Gasteiger partial charge in [-0.1, -0.05) is 26.2 Å². The summed E-state index contributed by atoms with van der Waals surface area (Å²) in [6.07, 6.45) is 7.22. The summed E-state index contributed by atoms with van der Waals surface area (Å²) in [7, 11) is 0. The van der Waals surface area contributed by atoms with Gasteiger partial charge in [-0.2, -0.15) is 0 Å². The van der Waals surface area contributed by atoms with Gasteiger partial charge in [-0.05, 0) is 25.3 Å². The number of ether oxygens (including phenoxy) is 1. The highest BCUT2D eigenvalue weighted by atomic mass is 16.5. The van der Waals surface area contributed by atoms with E-state index < -0.39 is 0 Å². The van der Waals surface area contributed by atoms with Gasteiger partial charge in [0.1, 0.15) is 0 Å². The fourth-order valence-electron chi connectivity index (χ4n) is 2.94. The van der Waals surface area contributed by atoms with Gasteiger partial charge in [0.25, 0.3) is 0 Å². The number of rotatable bonds is 4. The Morgan fingerprint density at radius 2 is 1.93 bits per heavy atom. The lowest BCUT2D eigenvalue weighted by atomic mass is 9.67. The monoisotopic (exact) mass is 197 g/mol. The first-order valence-corrected chi connectivity index (χ1v) is 6.16. The molecule has 82 valence electrons. The van der Waals surface area contributed by atoms with Gasteiger partial charge >= 0.3 is 0 Å². The minimum atomic E-state index is 0.510. The van der Waals surface area contributed by atoms with Gasteiger partial charge in [0, 0.05) is 12.0 Å². The molecule has 1 saturated heterocycles. The Bertz CT molecular complexity index is 171. The second-order valence-electron chi connectivity index (χ2n) is 4.97. The van der Waals surface area contributed by atoms with Crippen LogP contribution in [-0.4, -0.2) is 26.3 Å². The topological polar surface area (TPSA) is 21.3 Å². The van der Waals surface area contributed by atoms with Crippen LogP contribution in [0.25, 0.3) is 0 Å². The third-order valence-corrected chi connectivity index (χ3v) is 3.98. The number of hydrogen-bond acceptors (Lipinski definition) is 2. The molecule has 2 nitrogen and oxygen atoms in total. The van der Waals surface area contributed by atoms with Crippen molar-refractivity contribution in [2.75, 3.05) is 26.3 Å². The second-order valence-corrected chi connectivity index (χ2v) is 4.97. The van der Waals surface area contributed by atoms with Crippen molar-refractivity contribution >= 4 is 0 Å². The molecule has 0 radical (unpaired) electrons. The second kappa shape index (κ2) is 4.63. The summed E-state index contributed by atoms with van der Waals surface area (Å²) >= 11 is 0. The molecule has 2 aliphatic rings. The molecule has 0 amide bonds. The molecule has 0 aromatic rings. The Morgan fingerprint density at radius 3 is 2.43 bits per heavy atom. The van der Waals surface area contributed by atoms with E-state index in [1.165, 1.54) is 38.6 Å². The largest absolute Gasteiger partial charge is 0.380 e. The SMILES string of the molecule is CCNCC1(C2CCCCC2)COC1. The summed E-state index contributed by atoms with van der Waals surface area (Å²) in [5, 5.41) is 3.51. The quantitative estimate of drug-likeness (QED) is 0.746. The average molecular weight is 197 g/mol. The summed E-state index contributed by atoms with van der Waals surface area (Å²) in [6.45, 7) is 6.46. The fourth-order valence-corrected chi connectivity index (χ4v) is 2.94. The minimum Gasteiger partial charge on any atom is -0.380 e. The summed E-state index contributed by atoms with van der Waals surface area (Å²) in [6, 6.07) is 0. The van der Waals surface area contributed by atoms with Gasteiger partial charge in [-0.15, -0.1) is 0 Å². The van der Waals surface area contributed by atoms with Crippen LogP contribution in [0.3, 0.4) is 0 Å². The maximum Gasteiger partial charge on any atom is 0.0559 e. The predicted molar refractivity (Wildman–Crippen MR) is 58.4 cm³/mol. The van der Waals surface area contributed by atoms with E-state index in [1.807, 2.05) is 0 Å². The highest BCUT2D eigenvalue weighted by Gasteiger charge is 2.44. The Balaban J connectivity index is 1.89. The van der Waals surface area contributed by atoms with E-state index in [0.717, 1.165) is 25.7 Å². The van der Waals surface area contributed by atoms with Crippen molar-refractivity contribution in [1.82, 2.24) is 5.32 Å². The molecule has 1 saturated carbocycles. The molecule has 2 heteroatoms. The lowest BCUT2D eigenvalue weighted by Gasteiger charge is -2.49. The first-order chi connectivity index (χ1) is 6.87. The highest BCUT2D eigenvalue weighted by Crippen LogP contribution is 2.43. The van der Waals surface area contributed by atoms with Gasteiger partial charge < -0.3 is 10.1 Å². The molecule has 1 aliphatic carbocycles. The van der Waals surface area contributed by atoms with Crippen LogP contribution in [0.4, 0.5) is 0 Å². The van der Waals surface area contributed by atoms with E-state index >= 15 is 0 Å². The van der Waals surface area contributed by atoms with Crippen LogP contribution < -0.4 is 5.32 Å². The smallest absolute Gasteiger partial charge is 0.0559 e. The van der Waals surface area contributed by atoms with Crippen LogP contribution in [0.1, 0.15) is 39.0 Å². The molecule has 0 aromatic heterocycles. The van der Waals surface area contributed by atoms with E-state index in [1.54, 1.807) is 0 Å². The van der Waals surface area contributed by atoms with Gasteiger partial charge in [0.15, 0.2) is 0 Å². The summed E-state index contributed by atoms with van der Waals surface area (Å²) < 4.78 is 5.45. The average Bonchev–Trinajstić information content (AvgIpc) is 2.18. The van der Waals surface area contributed by atoms with E-state index in [-0.39, 0.29) is 0 Å². The van der Waals surface area contributed by atoms with Crippen LogP contribution in [0, 0.1) is 11.3 Å². The Hall–Kier alpha value is -0.0800. The highest BCUT2D eigenvalue weighted by molar-refractivity contribution is 4.94. The van der Waals surface area contributed by atoms with Crippen molar-refractivity contribution in [1.29, 1.82) is 0 Å².